The Hall–Kier alpha value is -1.72. The van der Waals surface area contributed by atoms with Crippen LogP contribution < -0.4 is 0 Å². The van der Waals surface area contributed by atoms with Gasteiger partial charge in [-0.05, 0) is 61.1 Å². The monoisotopic (exact) mass is 386 g/mol. The number of ketones is 1. The van der Waals surface area contributed by atoms with Crippen molar-refractivity contribution >= 4 is 35.3 Å². The third-order valence-electron chi connectivity index (χ3n) is 4.27. The van der Waals surface area contributed by atoms with Crippen molar-refractivity contribution in [2.45, 2.75) is 24.9 Å². The molecular weight excluding hydrogens is 364 g/mol. The van der Waals surface area contributed by atoms with Gasteiger partial charge in [-0.3, -0.25) is 4.79 Å². The summed E-state index contributed by atoms with van der Waals surface area (Å²) in [4.78, 5) is 24.6. The summed E-state index contributed by atoms with van der Waals surface area (Å²) in [7, 11) is 0. The quantitative estimate of drug-likeness (QED) is 0.521. The Morgan fingerprint density at radius 1 is 1.04 bits per heavy atom. The van der Waals surface area contributed by atoms with Crippen molar-refractivity contribution in [3.05, 3.63) is 70.3 Å². The minimum atomic E-state index is -0.459. The first-order valence-corrected chi connectivity index (χ1v) is 10.7. The second-order valence-corrected chi connectivity index (χ2v) is 9.09. The van der Waals surface area contributed by atoms with E-state index >= 15 is 0 Å². The van der Waals surface area contributed by atoms with Crippen LogP contribution in [0.4, 0.5) is 0 Å². The van der Waals surface area contributed by atoms with Crippen molar-refractivity contribution in [3.8, 4) is 0 Å². The average molecular weight is 387 g/mol. The summed E-state index contributed by atoms with van der Waals surface area (Å²) < 4.78 is 5.67. The lowest BCUT2D eigenvalue weighted by Crippen LogP contribution is -2.15. The van der Waals surface area contributed by atoms with Gasteiger partial charge in [-0.2, -0.15) is 0 Å². The molecule has 0 aromatic heterocycles. The Morgan fingerprint density at radius 2 is 1.73 bits per heavy atom. The van der Waals surface area contributed by atoms with E-state index in [0.717, 1.165) is 11.1 Å². The highest BCUT2D eigenvalue weighted by Gasteiger charge is 2.18. The number of esters is 1. The van der Waals surface area contributed by atoms with Crippen LogP contribution in [0.15, 0.2) is 42.5 Å². The number of carbonyl (C=O) groups excluding carboxylic acids is 2. The predicted molar refractivity (Wildman–Crippen MR) is 109 cm³/mol. The van der Waals surface area contributed by atoms with E-state index in [9.17, 15) is 9.59 Å². The third kappa shape index (κ3) is 4.71. The maximum Gasteiger partial charge on any atom is 0.338 e. The largest absolute Gasteiger partial charge is 0.454 e. The van der Waals surface area contributed by atoms with Gasteiger partial charge in [-0.25, -0.2) is 4.79 Å². The van der Waals surface area contributed by atoms with Crippen LogP contribution in [-0.2, 0) is 4.74 Å². The molecular formula is C21H22O3S2. The molecule has 0 unspecified atom stereocenters. The van der Waals surface area contributed by atoms with Gasteiger partial charge in [0.2, 0.25) is 5.78 Å². The van der Waals surface area contributed by atoms with E-state index in [1.807, 2.05) is 67.7 Å². The number of thioether (sulfide) groups is 2. The van der Waals surface area contributed by atoms with Gasteiger partial charge < -0.3 is 4.74 Å². The Balaban J connectivity index is 1.59. The van der Waals surface area contributed by atoms with Crippen LogP contribution in [-0.4, -0.2) is 29.9 Å². The topological polar surface area (TPSA) is 43.4 Å². The van der Waals surface area contributed by atoms with Gasteiger partial charge in [0.05, 0.1) is 10.1 Å². The third-order valence-corrected chi connectivity index (χ3v) is 7.29. The molecule has 0 bridgehead atoms. The van der Waals surface area contributed by atoms with Gasteiger partial charge in [-0.15, -0.1) is 23.5 Å². The molecule has 3 rings (SSSR count). The average Bonchev–Trinajstić information content (AvgIpc) is 2.68. The Labute approximate surface area is 162 Å². The maximum absolute atomic E-state index is 12.3. The van der Waals surface area contributed by atoms with Gasteiger partial charge >= 0.3 is 5.97 Å². The van der Waals surface area contributed by atoms with Crippen LogP contribution in [0.2, 0.25) is 0 Å². The highest BCUT2D eigenvalue weighted by Crippen LogP contribution is 2.43. The number of hydrogen-bond acceptors (Lipinski definition) is 5. The summed E-state index contributed by atoms with van der Waals surface area (Å²) in [5.74, 6) is 1.73. The smallest absolute Gasteiger partial charge is 0.338 e. The van der Waals surface area contributed by atoms with Crippen LogP contribution in [0.5, 0.6) is 0 Å². The predicted octanol–water partition coefficient (Wildman–Crippen LogP) is 5.21. The molecule has 2 aromatic rings. The number of Topliss-reactive ketones (excluding diaryl/α,β-unsaturated/α-hetero) is 1. The number of hydrogen-bond donors (Lipinski definition) is 0. The van der Waals surface area contributed by atoms with Crippen molar-refractivity contribution in [2.75, 3.05) is 18.1 Å². The fourth-order valence-electron chi connectivity index (χ4n) is 2.78. The Morgan fingerprint density at radius 3 is 2.42 bits per heavy atom. The molecule has 1 fully saturated rings. The number of aryl methyl sites for hydroxylation is 2. The molecule has 136 valence electrons. The molecule has 0 saturated carbocycles. The van der Waals surface area contributed by atoms with Crippen molar-refractivity contribution in [3.63, 3.8) is 0 Å². The van der Waals surface area contributed by atoms with Crippen molar-refractivity contribution < 1.29 is 14.3 Å². The molecule has 3 nitrogen and oxygen atoms in total. The van der Waals surface area contributed by atoms with Crippen molar-refractivity contribution in [2.24, 2.45) is 0 Å². The fraction of sp³-hybridized carbons (Fsp3) is 0.333. The van der Waals surface area contributed by atoms with Gasteiger partial charge in [0.1, 0.15) is 0 Å². The lowest BCUT2D eigenvalue weighted by Gasteiger charge is -2.21. The number of benzene rings is 2. The highest BCUT2D eigenvalue weighted by atomic mass is 32.2. The van der Waals surface area contributed by atoms with E-state index in [0.29, 0.717) is 15.7 Å². The summed E-state index contributed by atoms with van der Waals surface area (Å²) in [6.07, 6.45) is 1.25. The van der Waals surface area contributed by atoms with E-state index in [1.54, 1.807) is 12.1 Å². The molecule has 5 heteroatoms. The van der Waals surface area contributed by atoms with Crippen molar-refractivity contribution in [1.29, 1.82) is 0 Å². The van der Waals surface area contributed by atoms with E-state index in [-0.39, 0.29) is 12.4 Å². The van der Waals surface area contributed by atoms with Crippen molar-refractivity contribution in [1.82, 2.24) is 0 Å². The van der Waals surface area contributed by atoms with E-state index in [1.165, 1.54) is 23.5 Å². The molecule has 0 aliphatic carbocycles. The van der Waals surface area contributed by atoms with Gasteiger partial charge in [0, 0.05) is 5.56 Å². The molecule has 0 spiro atoms. The first-order valence-electron chi connectivity index (χ1n) is 8.65. The Kier molecular flexibility index (Phi) is 6.43. The Bertz CT molecular complexity index is 793. The molecule has 0 N–H and O–H groups in total. The van der Waals surface area contributed by atoms with Crippen LogP contribution in [0.3, 0.4) is 0 Å². The lowest BCUT2D eigenvalue weighted by molar-refractivity contribution is 0.0474. The summed E-state index contributed by atoms with van der Waals surface area (Å²) in [6.45, 7) is 3.58. The zero-order valence-corrected chi connectivity index (χ0v) is 16.6. The molecule has 26 heavy (non-hydrogen) atoms. The fourth-order valence-corrected chi connectivity index (χ4v) is 5.68. The first kappa shape index (κ1) is 19.1. The van der Waals surface area contributed by atoms with Crippen LogP contribution in [0.25, 0.3) is 0 Å². The molecule has 2 aromatic carbocycles. The second kappa shape index (κ2) is 8.78. The van der Waals surface area contributed by atoms with Gasteiger partial charge in [0.25, 0.3) is 0 Å². The first-order chi connectivity index (χ1) is 12.5. The minimum absolute atomic E-state index is 0.175. The summed E-state index contributed by atoms with van der Waals surface area (Å²) in [5, 5.41) is 0. The van der Waals surface area contributed by atoms with E-state index < -0.39 is 5.97 Å². The molecule has 1 heterocycles. The number of rotatable bonds is 5. The normalized spacial score (nSPS) is 14.8. The number of carbonyl (C=O) groups is 2. The molecule has 1 aliphatic rings. The summed E-state index contributed by atoms with van der Waals surface area (Å²) in [6, 6.07) is 13.2. The second-order valence-electron chi connectivity index (χ2n) is 6.37. The standard InChI is InChI=1S/C21H22O3S2/c1-14-4-5-15(2)18(12-14)19(22)13-24-20(23)16-6-8-17(9-7-16)21-25-10-3-11-26-21/h4-9,12,21H,3,10-11,13H2,1-2H3. The van der Waals surface area contributed by atoms with Crippen LogP contribution >= 0.6 is 23.5 Å². The molecule has 0 atom stereocenters. The SMILES string of the molecule is Cc1ccc(C)c(C(=O)COC(=O)c2ccc(C3SCCCS3)cc2)c1. The molecule has 0 amide bonds. The zero-order valence-electron chi connectivity index (χ0n) is 15.0. The minimum Gasteiger partial charge on any atom is -0.454 e. The van der Waals surface area contributed by atoms with E-state index in [4.69, 9.17) is 4.74 Å². The van der Waals surface area contributed by atoms with Gasteiger partial charge in [0.15, 0.2) is 6.61 Å². The number of ether oxygens (including phenoxy) is 1. The zero-order chi connectivity index (χ0) is 18.5. The lowest BCUT2D eigenvalue weighted by atomic mass is 10.0. The van der Waals surface area contributed by atoms with Crippen LogP contribution in [0.1, 0.15) is 48.4 Å². The van der Waals surface area contributed by atoms with Crippen LogP contribution in [0, 0.1) is 13.8 Å². The summed E-state index contributed by atoms with van der Waals surface area (Å²) in [5.41, 5.74) is 4.22. The molecule has 1 saturated heterocycles. The van der Waals surface area contributed by atoms with Gasteiger partial charge in [-0.1, -0.05) is 29.8 Å². The highest BCUT2D eigenvalue weighted by molar-refractivity contribution is 8.16. The van der Waals surface area contributed by atoms with E-state index in [2.05, 4.69) is 0 Å². The molecule has 1 aliphatic heterocycles. The maximum atomic E-state index is 12.3. The molecule has 0 radical (unpaired) electrons. The summed E-state index contributed by atoms with van der Waals surface area (Å²) >= 11 is 3.89.